The van der Waals surface area contributed by atoms with Crippen molar-refractivity contribution in [2.75, 3.05) is 39.1 Å². The Labute approximate surface area is 185 Å². The topological polar surface area (TPSA) is 108 Å². The van der Waals surface area contributed by atoms with Gasteiger partial charge in [-0.15, -0.1) is 0 Å². The molecule has 0 saturated carbocycles. The van der Waals surface area contributed by atoms with Gasteiger partial charge in [-0.3, -0.25) is 9.59 Å². The lowest BCUT2D eigenvalue weighted by molar-refractivity contribution is 0.101. The zero-order valence-corrected chi connectivity index (χ0v) is 18.1. The van der Waals surface area contributed by atoms with Gasteiger partial charge in [-0.05, 0) is 36.4 Å². The van der Waals surface area contributed by atoms with E-state index in [0.717, 1.165) is 0 Å². The molecule has 1 aromatic heterocycles. The number of aromatic nitrogens is 1. The Kier molecular flexibility index (Phi) is 7.12. The molecule has 0 atom stereocenters. The maximum absolute atomic E-state index is 12.8. The van der Waals surface area contributed by atoms with Crippen LogP contribution in [0.2, 0.25) is 0 Å². The van der Waals surface area contributed by atoms with Crippen molar-refractivity contribution >= 4 is 23.2 Å². The van der Waals surface area contributed by atoms with Gasteiger partial charge in [0.15, 0.2) is 0 Å². The molecule has 0 fully saturated rings. The number of hydrogen-bond acceptors (Lipinski definition) is 7. The number of nitrogens with zero attached hydrogens (tertiary/aromatic N) is 1. The molecule has 166 valence electrons. The molecule has 2 aromatic carbocycles. The third kappa shape index (κ3) is 4.72. The number of anilines is 2. The number of carbonyl (C=O) groups is 2. The van der Waals surface area contributed by atoms with E-state index in [4.69, 9.17) is 18.9 Å². The smallest absolute Gasteiger partial charge is 0.274 e. The highest BCUT2D eigenvalue weighted by Gasteiger charge is 2.19. The van der Waals surface area contributed by atoms with Gasteiger partial charge in [0.05, 0.1) is 28.4 Å². The highest BCUT2D eigenvalue weighted by molar-refractivity contribution is 6.07. The van der Waals surface area contributed by atoms with Crippen molar-refractivity contribution in [1.29, 1.82) is 0 Å². The number of para-hydroxylation sites is 2. The van der Waals surface area contributed by atoms with Gasteiger partial charge >= 0.3 is 0 Å². The number of pyridine rings is 1. The normalized spacial score (nSPS) is 10.1. The number of nitrogens with one attached hydrogen (secondary N) is 2. The molecule has 0 bridgehead atoms. The van der Waals surface area contributed by atoms with E-state index < -0.39 is 11.8 Å². The summed E-state index contributed by atoms with van der Waals surface area (Å²) in [5, 5.41) is 5.45. The van der Waals surface area contributed by atoms with Crippen molar-refractivity contribution in [3.8, 4) is 23.0 Å². The molecular weight excluding hydrogens is 414 g/mol. The Balaban J connectivity index is 1.85. The van der Waals surface area contributed by atoms with E-state index in [1.807, 2.05) is 0 Å². The lowest BCUT2D eigenvalue weighted by atomic mass is 10.2. The Morgan fingerprint density at radius 1 is 0.594 bits per heavy atom. The van der Waals surface area contributed by atoms with Crippen LogP contribution in [0.15, 0.2) is 54.6 Å². The molecular formula is C23H23N3O6. The fraction of sp³-hybridized carbons (Fsp3) is 0.174. The Morgan fingerprint density at radius 3 is 1.22 bits per heavy atom. The zero-order chi connectivity index (χ0) is 23.1. The lowest BCUT2D eigenvalue weighted by Crippen LogP contribution is -2.19. The number of carbonyl (C=O) groups excluding carboxylic acids is 2. The van der Waals surface area contributed by atoms with E-state index in [1.54, 1.807) is 42.5 Å². The van der Waals surface area contributed by atoms with Crippen molar-refractivity contribution in [3.63, 3.8) is 0 Å². The molecule has 0 saturated heterocycles. The van der Waals surface area contributed by atoms with Crippen LogP contribution in [0, 0.1) is 0 Å². The van der Waals surface area contributed by atoms with Crippen LogP contribution < -0.4 is 29.6 Å². The molecule has 0 spiro atoms. The zero-order valence-electron chi connectivity index (χ0n) is 18.1. The Morgan fingerprint density at radius 2 is 0.906 bits per heavy atom. The summed E-state index contributed by atoms with van der Waals surface area (Å²) in [5.74, 6) is 0.643. The Bertz CT molecular complexity index is 1000. The first-order valence-corrected chi connectivity index (χ1v) is 9.54. The second-order valence-corrected chi connectivity index (χ2v) is 6.39. The van der Waals surface area contributed by atoms with E-state index >= 15 is 0 Å². The van der Waals surface area contributed by atoms with Crippen LogP contribution in [-0.4, -0.2) is 45.2 Å². The molecule has 32 heavy (non-hydrogen) atoms. The lowest BCUT2D eigenvalue weighted by Gasteiger charge is -2.15. The van der Waals surface area contributed by atoms with Crippen LogP contribution in [0.25, 0.3) is 0 Å². The van der Waals surface area contributed by atoms with Gasteiger partial charge < -0.3 is 29.6 Å². The maximum Gasteiger partial charge on any atom is 0.274 e. The summed E-state index contributed by atoms with van der Waals surface area (Å²) < 4.78 is 21.2. The molecule has 0 aliphatic rings. The van der Waals surface area contributed by atoms with Gasteiger partial charge in [-0.2, -0.15) is 0 Å². The highest BCUT2D eigenvalue weighted by Crippen LogP contribution is 2.35. The molecule has 2 N–H and O–H groups in total. The van der Waals surface area contributed by atoms with Crippen LogP contribution >= 0.6 is 0 Å². The number of methoxy groups -OCH3 is 4. The van der Waals surface area contributed by atoms with E-state index in [0.29, 0.717) is 34.4 Å². The van der Waals surface area contributed by atoms with Crippen molar-refractivity contribution < 1.29 is 28.5 Å². The minimum Gasteiger partial charge on any atom is -0.494 e. The van der Waals surface area contributed by atoms with E-state index in [2.05, 4.69) is 15.6 Å². The van der Waals surface area contributed by atoms with Gasteiger partial charge in [0.2, 0.25) is 0 Å². The summed E-state index contributed by atoms with van der Waals surface area (Å²) in [5.41, 5.74) is 0.797. The molecule has 3 rings (SSSR count). The second-order valence-electron chi connectivity index (χ2n) is 6.39. The van der Waals surface area contributed by atoms with Crippen molar-refractivity contribution in [1.82, 2.24) is 4.98 Å². The van der Waals surface area contributed by atoms with Crippen molar-refractivity contribution in [2.45, 2.75) is 0 Å². The van der Waals surface area contributed by atoms with Gasteiger partial charge in [-0.25, -0.2) is 4.98 Å². The summed E-state index contributed by atoms with van der Waals surface area (Å²) in [6.45, 7) is 0. The quantitative estimate of drug-likeness (QED) is 0.554. The van der Waals surface area contributed by atoms with Gasteiger partial charge in [0.25, 0.3) is 11.8 Å². The third-order valence-corrected chi connectivity index (χ3v) is 4.55. The summed E-state index contributed by atoms with van der Waals surface area (Å²) in [7, 11) is 5.94. The van der Waals surface area contributed by atoms with Crippen LogP contribution in [0.5, 0.6) is 23.0 Å². The van der Waals surface area contributed by atoms with Gasteiger partial charge in [-0.1, -0.05) is 18.2 Å². The van der Waals surface area contributed by atoms with Crippen molar-refractivity contribution in [2.24, 2.45) is 0 Å². The fourth-order valence-corrected chi connectivity index (χ4v) is 2.99. The average molecular weight is 437 g/mol. The summed E-state index contributed by atoms with van der Waals surface area (Å²) in [6.07, 6.45) is 0. The Hall–Kier alpha value is -4.27. The largest absolute Gasteiger partial charge is 0.494 e. The number of rotatable bonds is 8. The summed E-state index contributed by atoms with van der Waals surface area (Å²) >= 11 is 0. The van der Waals surface area contributed by atoms with Gasteiger partial charge in [0, 0.05) is 0 Å². The second kappa shape index (κ2) is 10.2. The number of amides is 2. The number of benzene rings is 2. The first kappa shape index (κ1) is 22.4. The number of ether oxygens (including phenoxy) is 4. The van der Waals surface area contributed by atoms with Crippen LogP contribution in [0.4, 0.5) is 11.4 Å². The van der Waals surface area contributed by atoms with Crippen LogP contribution in [0.3, 0.4) is 0 Å². The van der Waals surface area contributed by atoms with E-state index in [1.165, 1.54) is 40.6 Å². The minimum atomic E-state index is -0.530. The average Bonchev–Trinajstić information content (AvgIpc) is 2.84. The number of hydrogen-bond donors (Lipinski definition) is 2. The fourth-order valence-electron chi connectivity index (χ4n) is 2.99. The predicted molar refractivity (Wildman–Crippen MR) is 119 cm³/mol. The third-order valence-electron chi connectivity index (χ3n) is 4.55. The minimum absolute atomic E-state index is 0.0394. The van der Waals surface area contributed by atoms with Crippen LogP contribution in [0.1, 0.15) is 21.0 Å². The first-order chi connectivity index (χ1) is 15.5. The maximum atomic E-state index is 12.8. The molecule has 9 heteroatoms. The predicted octanol–water partition coefficient (Wildman–Crippen LogP) is 3.62. The SMILES string of the molecule is COc1cccc(OC)c1NC(=O)c1cccc(C(=O)Nc2c(OC)cccc2OC)n1. The molecule has 2 amide bonds. The monoisotopic (exact) mass is 437 g/mol. The van der Waals surface area contributed by atoms with E-state index in [-0.39, 0.29) is 11.4 Å². The summed E-state index contributed by atoms with van der Waals surface area (Å²) in [6, 6.07) is 14.8. The highest BCUT2D eigenvalue weighted by atomic mass is 16.5. The van der Waals surface area contributed by atoms with Crippen LogP contribution in [-0.2, 0) is 0 Å². The van der Waals surface area contributed by atoms with Crippen molar-refractivity contribution in [3.05, 3.63) is 66.0 Å². The standard InChI is InChI=1S/C23H23N3O6/c1-29-16-10-6-11-17(30-2)20(16)25-22(27)14-8-5-9-15(24-14)23(28)26-21-18(31-3)12-7-13-19(21)32-4/h5-13H,1-4H3,(H,25,27)(H,26,28). The molecule has 1 heterocycles. The molecule has 3 aromatic rings. The molecule has 0 unspecified atom stereocenters. The first-order valence-electron chi connectivity index (χ1n) is 9.54. The summed E-state index contributed by atoms with van der Waals surface area (Å²) in [4.78, 5) is 29.9. The van der Waals surface area contributed by atoms with Gasteiger partial charge in [0.1, 0.15) is 45.8 Å². The molecule has 0 aliphatic heterocycles. The molecule has 0 aliphatic carbocycles. The molecule has 9 nitrogen and oxygen atoms in total. The van der Waals surface area contributed by atoms with E-state index in [9.17, 15) is 9.59 Å². The molecule has 0 radical (unpaired) electrons.